The third-order valence-corrected chi connectivity index (χ3v) is 5.64. The molecule has 1 atom stereocenters. The number of hydrogen-bond donors (Lipinski definition) is 1. The van der Waals surface area contributed by atoms with Crippen LogP contribution < -0.4 is 10.1 Å². The molecule has 5 nitrogen and oxygen atoms in total. The molecule has 0 aliphatic rings. The van der Waals surface area contributed by atoms with Crippen LogP contribution in [0.1, 0.15) is 40.9 Å². The lowest BCUT2D eigenvalue weighted by molar-refractivity contribution is 0.0935. The van der Waals surface area contributed by atoms with E-state index in [0.717, 1.165) is 34.2 Å². The topological polar surface area (TPSA) is 56.2 Å². The number of halogens is 1. The molecule has 1 unspecified atom stereocenters. The molecule has 0 saturated heterocycles. The fourth-order valence-corrected chi connectivity index (χ4v) is 3.73. The normalized spacial score (nSPS) is 12.0. The van der Waals surface area contributed by atoms with Crippen LogP contribution in [-0.2, 0) is 6.54 Å². The number of benzene rings is 3. The summed E-state index contributed by atoms with van der Waals surface area (Å²) in [5, 5.41) is 9.34. The van der Waals surface area contributed by atoms with E-state index in [9.17, 15) is 4.79 Å². The van der Waals surface area contributed by atoms with E-state index in [2.05, 4.69) is 17.3 Å². The summed E-state index contributed by atoms with van der Waals surface area (Å²) >= 11 is 5.98. The van der Waals surface area contributed by atoms with Gasteiger partial charge in [-0.1, -0.05) is 48.9 Å². The Hall–Kier alpha value is -3.31. The molecule has 1 N–H and O–H groups in total. The second-order valence-corrected chi connectivity index (χ2v) is 7.85. The van der Waals surface area contributed by atoms with E-state index in [1.807, 2.05) is 77.6 Å². The Morgan fingerprint density at radius 1 is 1.10 bits per heavy atom. The molecule has 1 amide bonds. The van der Waals surface area contributed by atoms with Gasteiger partial charge in [0.05, 0.1) is 31.4 Å². The monoisotopic (exact) mass is 433 g/mol. The molecule has 3 aromatic carbocycles. The molecule has 31 heavy (non-hydrogen) atoms. The van der Waals surface area contributed by atoms with E-state index >= 15 is 0 Å². The predicted molar refractivity (Wildman–Crippen MR) is 124 cm³/mol. The zero-order valence-electron chi connectivity index (χ0n) is 17.5. The van der Waals surface area contributed by atoms with Gasteiger partial charge in [-0.3, -0.25) is 9.48 Å². The third kappa shape index (κ3) is 4.72. The van der Waals surface area contributed by atoms with Crippen molar-refractivity contribution in [3.05, 3.63) is 94.6 Å². The van der Waals surface area contributed by atoms with Crippen molar-refractivity contribution in [2.24, 2.45) is 0 Å². The minimum Gasteiger partial charge on any atom is -0.497 e. The number of nitrogens with one attached hydrogen (secondary N) is 1. The van der Waals surface area contributed by atoms with Gasteiger partial charge in [0.2, 0.25) is 0 Å². The largest absolute Gasteiger partial charge is 0.497 e. The smallest absolute Gasteiger partial charge is 0.251 e. The van der Waals surface area contributed by atoms with Crippen LogP contribution in [0.3, 0.4) is 0 Å². The fraction of sp³-hybridized carbons (Fsp3) is 0.200. The zero-order valence-corrected chi connectivity index (χ0v) is 18.3. The Kier molecular flexibility index (Phi) is 6.23. The lowest BCUT2D eigenvalue weighted by Crippen LogP contribution is -2.28. The number of ether oxygens (including phenoxy) is 1. The van der Waals surface area contributed by atoms with Gasteiger partial charge in [-0.25, -0.2) is 0 Å². The number of aromatic nitrogens is 2. The van der Waals surface area contributed by atoms with Crippen LogP contribution in [0.25, 0.3) is 10.9 Å². The third-order valence-electron chi connectivity index (χ3n) is 5.38. The van der Waals surface area contributed by atoms with Gasteiger partial charge in [0.1, 0.15) is 5.75 Å². The van der Waals surface area contributed by atoms with Crippen molar-refractivity contribution in [3.8, 4) is 5.75 Å². The lowest BCUT2D eigenvalue weighted by Gasteiger charge is -2.18. The number of nitrogens with zero attached hydrogens (tertiary/aromatic N) is 2. The van der Waals surface area contributed by atoms with E-state index in [4.69, 9.17) is 16.3 Å². The number of carbonyl (C=O) groups is 1. The highest BCUT2D eigenvalue weighted by molar-refractivity contribution is 6.30. The molecule has 6 heteroatoms. The number of hydrogen-bond acceptors (Lipinski definition) is 3. The van der Waals surface area contributed by atoms with Crippen LogP contribution in [0.4, 0.5) is 0 Å². The maximum absolute atomic E-state index is 13.0. The average molecular weight is 434 g/mol. The zero-order chi connectivity index (χ0) is 21.8. The number of methoxy groups -OCH3 is 1. The summed E-state index contributed by atoms with van der Waals surface area (Å²) in [5.41, 5.74) is 3.66. The summed E-state index contributed by atoms with van der Waals surface area (Å²) in [6.45, 7) is 2.66. The standard InChI is InChI=1S/C25H24ClN3O2/c1-3-23(18-8-12-22(31-2)13-9-18)28-25(30)19-6-7-20-15-27-29(24(20)14-19)16-17-4-10-21(26)11-5-17/h4-15,23H,3,16H2,1-2H3,(H,28,30). The Morgan fingerprint density at radius 3 is 2.52 bits per heavy atom. The molecular formula is C25H24ClN3O2. The Bertz CT molecular complexity index is 1180. The Morgan fingerprint density at radius 2 is 1.84 bits per heavy atom. The number of amides is 1. The first kappa shape index (κ1) is 20.9. The van der Waals surface area contributed by atoms with Crippen molar-refractivity contribution in [2.45, 2.75) is 25.9 Å². The summed E-state index contributed by atoms with van der Waals surface area (Å²) in [6, 6.07) is 21.1. The van der Waals surface area contributed by atoms with Crippen LogP contribution in [0.2, 0.25) is 5.02 Å². The van der Waals surface area contributed by atoms with Gasteiger partial charge in [-0.2, -0.15) is 5.10 Å². The van der Waals surface area contributed by atoms with Gasteiger partial charge < -0.3 is 10.1 Å². The van der Waals surface area contributed by atoms with Crippen molar-refractivity contribution in [1.82, 2.24) is 15.1 Å². The predicted octanol–water partition coefficient (Wildman–Crippen LogP) is 5.63. The molecule has 0 aliphatic heterocycles. The molecule has 4 aromatic rings. The van der Waals surface area contributed by atoms with Crippen LogP contribution >= 0.6 is 11.6 Å². The summed E-state index contributed by atoms with van der Waals surface area (Å²) in [5.74, 6) is 0.688. The van der Waals surface area contributed by atoms with Gasteiger partial charge in [0.25, 0.3) is 5.91 Å². The summed E-state index contributed by atoms with van der Waals surface area (Å²) in [4.78, 5) is 13.0. The van der Waals surface area contributed by atoms with E-state index in [-0.39, 0.29) is 11.9 Å². The van der Waals surface area contributed by atoms with Crippen molar-refractivity contribution in [1.29, 1.82) is 0 Å². The van der Waals surface area contributed by atoms with Gasteiger partial charge in [0.15, 0.2) is 0 Å². The first-order chi connectivity index (χ1) is 15.1. The number of rotatable bonds is 7. The molecule has 0 radical (unpaired) electrons. The van der Waals surface area contributed by atoms with Crippen LogP contribution in [0.15, 0.2) is 72.9 Å². The van der Waals surface area contributed by atoms with Gasteiger partial charge in [-0.05, 0) is 53.9 Å². The molecule has 0 bridgehead atoms. The number of carbonyl (C=O) groups excluding carboxylic acids is 1. The van der Waals surface area contributed by atoms with Gasteiger partial charge in [-0.15, -0.1) is 0 Å². The minimum atomic E-state index is -0.108. The van der Waals surface area contributed by atoms with Crippen LogP contribution in [0, 0.1) is 0 Å². The maximum Gasteiger partial charge on any atom is 0.251 e. The second kappa shape index (κ2) is 9.23. The molecule has 1 aromatic heterocycles. The summed E-state index contributed by atoms with van der Waals surface area (Å²) in [7, 11) is 1.64. The second-order valence-electron chi connectivity index (χ2n) is 7.41. The molecule has 0 aliphatic carbocycles. The highest BCUT2D eigenvalue weighted by Crippen LogP contribution is 2.22. The molecule has 0 spiro atoms. The maximum atomic E-state index is 13.0. The number of fused-ring (bicyclic) bond motifs is 1. The molecule has 0 saturated carbocycles. The quantitative estimate of drug-likeness (QED) is 0.411. The first-order valence-corrected chi connectivity index (χ1v) is 10.6. The van der Waals surface area contributed by atoms with E-state index < -0.39 is 0 Å². The van der Waals surface area contributed by atoms with Crippen molar-refractivity contribution in [2.75, 3.05) is 7.11 Å². The Balaban J connectivity index is 1.55. The fourth-order valence-electron chi connectivity index (χ4n) is 3.60. The van der Waals surface area contributed by atoms with Crippen LogP contribution in [-0.4, -0.2) is 22.8 Å². The SMILES string of the molecule is CCC(NC(=O)c1ccc2cnn(Cc3ccc(Cl)cc3)c2c1)c1ccc(OC)cc1. The van der Waals surface area contributed by atoms with Crippen molar-refractivity contribution < 1.29 is 9.53 Å². The molecule has 4 rings (SSSR count). The van der Waals surface area contributed by atoms with E-state index in [0.29, 0.717) is 17.1 Å². The van der Waals surface area contributed by atoms with E-state index in [1.165, 1.54) is 0 Å². The first-order valence-electron chi connectivity index (χ1n) is 10.2. The van der Waals surface area contributed by atoms with Crippen molar-refractivity contribution in [3.63, 3.8) is 0 Å². The van der Waals surface area contributed by atoms with Gasteiger partial charge >= 0.3 is 0 Å². The minimum absolute atomic E-state index is 0.0759. The average Bonchev–Trinajstić information content (AvgIpc) is 3.21. The molecule has 1 heterocycles. The van der Waals surface area contributed by atoms with Crippen molar-refractivity contribution >= 4 is 28.4 Å². The molecular weight excluding hydrogens is 410 g/mol. The summed E-state index contributed by atoms with van der Waals surface area (Å²) in [6.07, 6.45) is 2.61. The molecule has 0 fully saturated rings. The highest BCUT2D eigenvalue weighted by Gasteiger charge is 2.16. The molecule has 158 valence electrons. The van der Waals surface area contributed by atoms with E-state index in [1.54, 1.807) is 7.11 Å². The Labute approximate surface area is 186 Å². The van der Waals surface area contributed by atoms with Crippen LogP contribution in [0.5, 0.6) is 5.75 Å². The highest BCUT2D eigenvalue weighted by atomic mass is 35.5. The van der Waals surface area contributed by atoms with Gasteiger partial charge in [0, 0.05) is 16.0 Å². The lowest BCUT2D eigenvalue weighted by atomic mass is 10.0. The summed E-state index contributed by atoms with van der Waals surface area (Å²) < 4.78 is 7.12.